The molecule has 0 unspecified atom stereocenters. The first-order valence-corrected chi connectivity index (χ1v) is 8.94. The van der Waals surface area contributed by atoms with Gasteiger partial charge in [-0.2, -0.15) is 5.10 Å². The van der Waals surface area contributed by atoms with Crippen LogP contribution in [0.5, 0.6) is 0 Å². The molecule has 1 aliphatic heterocycles. The van der Waals surface area contributed by atoms with E-state index in [9.17, 15) is 0 Å². The van der Waals surface area contributed by atoms with E-state index in [1.165, 1.54) is 12.8 Å². The van der Waals surface area contributed by atoms with Gasteiger partial charge in [0.15, 0.2) is 5.82 Å². The van der Waals surface area contributed by atoms with E-state index < -0.39 is 0 Å². The van der Waals surface area contributed by atoms with Crippen LogP contribution in [0.4, 0.5) is 5.95 Å². The Morgan fingerprint density at radius 3 is 2.38 bits per heavy atom. The van der Waals surface area contributed by atoms with Crippen LogP contribution in [-0.2, 0) is 13.6 Å². The van der Waals surface area contributed by atoms with Crippen molar-refractivity contribution >= 4 is 5.95 Å². The largest absolute Gasteiger partial charge is 0.341 e. The summed E-state index contributed by atoms with van der Waals surface area (Å²) in [5, 5.41) is 13.4. The molecule has 0 aromatic carbocycles. The van der Waals surface area contributed by atoms with Gasteiger partial charge in [0.25, 0.3) is 0 Å². The molecule has 0 atom stereocenters. The van der Waals surface area contributed by atoms with Gasteiger partial charge in [0, 0.05) is 25.8 Å². The molecule has 2 aromatic rings. The minimum Gasteiger partial charge on any atom is -0.341 e. The van der Waals surface area contributed by atoms with Gasteiger partial charge in [0.2, 0.25) is 5.95 Å². The van der Waals surface area contributed by atoms with Crippen molar-refractivity contribution < 1.29 is 0 Å². The SMILES string of the molecule is Cc1cc(C)n(Cc2nnc(N3CCC(C)(C(C)C)CC3)n2C)n1. The lowest BCUT2D eigenvalue weighted by molar-refractivity contribution is 0.165. The zero-order valence-corrected chi connectivity index (χ0v) is 15.9. The molecule has 0 bridgehead atoms. The zero-order chi connectivity index (χ0) is 17.5. The maximum Gasteiger partial charge on any atom is 0.227 e. The summed E-state index contributed by atoms with van der Waals surface area (Å²) in [5.41, 5.74) is 2.64. The third kappa shape index (κ3) is 3.06. The summed E-state index contributed by atoms with van der Waals surface area (Å²) in [6.07, 6.45) is 2.43. The Bertz CT molecular complexity index is 703. The maximum absolute atomic E-state index is 4.53. The molecule has 2 aromatic heterocycles. The van der Waals surface area contributed by atoms with Gasteiger partial charge in [-0.3, -0.25) is 9.25 Å². The fourth-order valence-electron chi connectivity index (χ4n) is 3.53. The van der Waals surface area contributed by atoms with Crippen LogP contribution in [0.1, 0.15) is 50.8 Å². The van der Waals surface area contributed by atoms with E-state index in [1.807, 2.05) is 11.6 Å². The molecule has 1 fully saturated rings. The molecule has 3 rings (SSSR count). The van der Waals surface area contributed by atoms with Gasteiger partial charge in [-0.15, -0.1) is 10.2 Å². The lowest BCUT2D eigenvalue weighted by atomic mass is 9.72. The Hall–Kier alpha value is -1.85. The molecular formula is C18H30N6. The molecule has 0 N–H and O–H groups in total. The van der Waals surface area contributed by atoms with Crippen molar-refractivity contribution in [1.29, 1.82) is 0 Å². The van der Waals surface area contributed by atoms with E-state index in [1.54, 1.807) is 0 Å². The zero-order valence-electron chi connectivity index (χ0n) is 15.9. The van der Waals surface area contributed by atoms with Crippen molar-refractivity contribution in [3.63, 3.8) is 0 Å². The molecule has 24 heavy (non-hydrogen) atoms. The molecule has 3 heterocycles. The molecule has 6 heteroatoms. The first-order valence-electron chi connectivity index (χ1n) is 8.94. The predicted octanol–water partition coefficient (Wildman–Crippen LogP) is 2.94. The standard InChI is InChI=1S/C18H30N6/c1-13(2)18(5)7-9-23(10-8-18)17-20-19-16(22(17)6)12-24-15(4)11-14(3)21-24/h11,13H,7-10,12H2,1-6H3. The minimum absolute atomic E-state index is 0.446. The molecular weight excluding hydrogens is 300 g/mol. The average molecular weight is 330 g/mol. The number of nitrogens with zero attached hydrogens (tertiary/aromatic N) is 6. The molecule has 0 aliphatic carbocycles. The highest BCUT2D eigenvalue weighted by Gasteiger charge is 2.34. The van der Waals surface area contributed by atoms with E-state index in [-0.39, 0.29) is 0 Å². The molecule has 1 aliphatic rings. The van der Waals surface area contributed by atoms with Crippen LogP contribution in [0, 0.1) is 25.2 Å². The van der Waals surface area contributed by atoms with E-state index >= 15 is 0 Å². The van der Waals surface area contributed by atoms with Gasteiger partial charge in [-0.25, -0.2) is 0 Å². The quantitative estimate of drug-likeness (QED) is 0.865. The Balaban J connectivity index is 1.73. The third-order valence-corrected chi connectivity index (χ3v) is 5.92. The normalized spacial score (nSPS) is 17.7. The summed E-state index contributed by atoms with van der Waals surface area (Å²) in [7, 11) is 2.06. The van der Waals surface area contributed by atoms with Crippen molar-refractivity contribution in [3.8, 4) is 0 Å². The van der Waals surface area contributed by atoms with Gasteiger partial charge >= 0.3 is 0 Å². The summed E-state index contributed by atoms with van der Waals surface area (Å²) < 4.78 is 4.11. The van der Waals surface area contributed by atoms with Crippen molar-refractivity contribution in [2.75, 3.05) is 18.0 Å². The van der Waals surface area contributed by atoms with Crippen LogP contribution in [0.15, 0.2) is 6.07 Å². The smallest absolute Gasteiger partial charge is 0.227 e. The number of anilines is 1. The van der Waals surface area contributed by atoms with Crippen molar-refractivity contribution in [3.05, 3.63) is 23.3 Å². The van der Waals surface area contributed by atoms with Crippen LogP contribution < -0.4 is 4.90 Å². The predicted molar refractivity (Wildman–Crippen MR) is 96.2 cm³/mol. The number of piperidine rings is 1. The average Bonchev–Trinajstić information content (AvgIpc) is 3.03. The van der Waals surface area contributed by atoms with Gasteiger partial charge < -0.3 is 4.90 Å². The first kappa shape index (κ1) is 17.0. The van der Waals surface area contributed by atoms with Crippen molar-refractivity contribution in [2.45, 2.75) is 54.0 Å². The summed E-state index contributed by atoms with van der Waals surface area (Å²) in [6, 6.07) is 2.09. The summed E-state index contributed by atoms with van der Waals surface area (Å²) in [5.74, 6) is 2.66. The Kier molecular flexibility index (Phi) is 4.40. The van der Waals surface area contributed by atoms with Gasteiger partial charge in [-0.1, -0.05) is 20.8 Å². The summed E-state index contributed by atoms with van der Waals surface area (Å²) in [4.78, 5) is 2.38. The van der Waals surface area contributed by atoms with Gasteiger partial charge in [-0.05, 0) is 44.1 Å². The number of aromatic nitrogens is 5. The molecule has 0 saturated carbocycles. The van der Waals surface area contributed by atoms with E-state index in [0.29, 0.717) is 12.0 Å². The van der Waals surface area contributed by atoms with Crippen LogP contribution in [0.3, 0.4) is 0 Å². The van der Waals surface area contributed by atoms with Crippen LogP contribution in [0.25, 0.3) is 0 Å². The van der Waals surface area contributed by atoms with E-state index in [2.05, 4.69) is 65.6 Å². The summed E-state index contributed by atoms with van der Waals surface area (Å²) in [6.45, 7) is 14.0. The lowest BCUT2D eigenvalue weighted by Crippen LogP contribution is -2.42. The van der Waals surface area contributed by atoms with E-state index in [0.717, 1.165) is 42.2 Å². The Morgan fingerprint density at radius 2 is 1.83 bits per heavy atom. The molecule has 0 radical (unpaired) electrons. The maximum atomic E-state index is 4.53. The number of rotatable bonds is 4. The second-order valence-corrected chi connectivity index (χ2v) is 7.86. The van der Waals surface area contributed by atoms with Crippen molar-refractivity contribution in [2.24, 2.45) is 18.4 Å². The molecule has 132 valence electrons. The monoisotopic (exact) mass is 330 g/mol. The molecule has 6 nitrogen and oxygen atoms in total. The lowest BCUT2D eigenvalue weighted by Gasteiger charge is -2.42. The highest BCUT2D eigenvalue weighted by atomic mass is 15.4. The number of aryl methyl sites for hydroxylation is 2. The fraction of sp³-hybridized carbons (Fsp3) is 0.722. The highest BCUT2D eigenvalue weighted by Crippen LogP contribution is 2.38. The van der Waals surface area contributed by atoms with Crippen LogP contribution in [0.2, 0.25) is 0 Å². The fourth-order valence-corrected chi connectivity index (χ4v) is 3.53. The minimum atomic E-state index is 0.446. The second kappa shape index (κ2) is 6.22. The second-order valence-electron chi connectivity index (χ2n) is 7.86. The number of hydrogen-bond donors (Lipinski definition) is 0. The number of hydrogen-bond acceptors (Lipinski definition) is 4. The van der Waals surface area contributed by atoms with Gasteiger partial charge in [0.05, 0.1) is 5.69 Å². The Labute approximate surface area is 144 Å². The third-order valence-electron chi connectivity index (χ3n) is 5.92. The highest BCUT2D eigenvalue weighted by molar-refractivity contribution is 5.32. The molecule has 1 saturated heterocycles. The summed E-state index contributed by atoms with van der Waals surface area (Å²) >= 11 is 0. The van der Waals surface area contributed by atoms with Gasteiger partial charge in [0.1, 0.15) is 6.54 Å². The van der Waals surface area contributed by atoms with E-state index in [4.69, 9.17) is 0 Å². The van der Waals surface area contributed by atoms with Crippen LogP contribution >= 0.6 is 0 Å². The Morgan fingerprint density at radius 1 is 1.17 bits per heavy atom. The van der Waals surface area contributed by atoms with Crippen LogP contribution in [-0.4, -0.2) is 37.6 Å². The first-order chi connectivity index (χ1) is 11.3. The van der Waals surface area contributed by atoms with Crippen molar-refractivity contribution in [1.82, 2.24) is 24.5 Å². The molecule has 0 amide bonds. The topological polar surface area (TPSA) is 51.8 Å². The molecule has 0 spiro atoms.